The average molecular weight is 298 g/mol. The standard InChI is InChI=1S/C16H31N3S/c1-16(2,3)15-9-8-14(20-15)13(12-17)19(6)11-7-10-18(4)5/h8-9,13H,7,10-12,17H2,1-6H3. The number of likely N-dealkylation sites (N-methyl/N-ethyl adjacent to an activating group) is 1. The Morgan fingerprint density at radius 3 is 2.25 bits per heavy atom. The van der Waals surface area contributed by atoms with Crippen molar-refractivity contribution in [1.82, 2.24) is 9.80 Å². The summed E-state index contributed by atoms with van der Waals surface area (Å²) in [5, 5.41) is 0. The predicted octanol–water partition coefficient (Wildman–Crippen LogP) is 2.93. The minimum absolute atomic E-state index is 0.228. The first-order valence-corrected chi connectivity index (χ1v) is 8.22. The molecule has 0 amide bonds. The summed E-state index contributed by atoms with van der Waals surface area (Å²) in [7, 11) is 6.42. The van der Waals surface area contributed by atoms with Crippen LogP contribution < -0.4 is 5.73 Å². The number of hydrogen-bond donors (Lipinski definition) is 1. The highest BCUT2D eigenvalue weighted by molar-refractivity contribution is 7.12. The molecule has 0 fully saturated rings. The van der Waals surface area contributed by atoms with Crippen LogP contribution in [0.15, 0.2) is 12.1 Å². The average Bonchev–Trinajstić information content (AvgIpc) is 2.78. The third kappa shape index (κ3) is 5.17. The lowest BCUT2D eigenvalue weighted by Crippen LogP contribution is -2.32. The van der Waals surface area contributed by atoms with Crippen LogP contribution in [0.3, 0.4) is 0 Å². The molecule has 1 aromatic heterocycles. The van der Waals surface area contributed by atoms with Crippen molar-refractivity contribution in [3.63, 3.8) is 0 Å². The summed E-state index contributed by atoms with van der Waals surface area (Å²) in [6, 6.07) is 4.86. The molecule has 20 heavy (non-hydrogen) atoms. The zero-order chi connectivity index (χ0) is 15.3. The third-order valence-corrected chi connectivity index (χ3v) is 5.18. The van der Waals surface area contributed by atoms with E-state index < -0.39 is 0 Å². The molecule has 1 unspecified atom stereocenters. The Hall–Kier alpha value is -0.420. The quantitative estimate of drug-likeness (QED) is 0.840. The monoisotopic (exact) mass is 297 g/mol. The van der Waals surface area contributed by atoms with Crippen molar-refractivity contribution in [1.29, 1.82) is 0 Å². The number of nitrogens with zero attached hydrogens (tertiary/aromatic N) is 2. The Bertz CT molecular complexity index is 393. The Morgan fingerprint density at radius 2 is 1.80 bits per heavy atom. The molecule has 0 radical (unpaired) electrons. The van der Waals surface area contributed by atoms with Crippen LogP contribution in [0, 0.1) is 0 Å². The van der Waals surface area contributed by atoms with Crippen molar-refractivity contribution in [2.24, 2.45) is 5.73 Å². The van der Waals surface area contributed by atoms with Crippen LogP contribution in [0.5, 0.6) is 0 Å². The molecule has 0 aliphatic carbocycles. The van der Waals surface area contributed by atoms with Crippen molar-refractivity contribution in [3.8, 4) is 0 Å². The fraction of sp³-hybridized carbons (Fsp3) is 0.750. The minimum atomic E-state index is 0.228. The second-order valence-corrected chi connectivity index (χ2v) is 7.96. The largest absolute Gasteiger partial charge is 0.329 e. The van der Waals surface area contributed by atoms with Gasteiger partial charge < -0.3 is 10.6 Å². The normalized spacial score (nSPS) is 14.2. The molecule has 0 saturated heterocycles. The van der Waals surface area contributed by atoms with Crippen molar-refractivity contribution >= 4 is 11.3 Å². The van der Waals surface area contributed by atoms with Gasteiger partial charge in [0.1, 0.15) is 0 Å². The Labute approximate surface area is 128 Å². The highest BCUT2D eigenvalue weighted by Crippen LogP contribution is 2.33. The molecule has 1 rings (SSSR count). The lowest BCUT2D eigenvalue weighted by atomic mass is 9.95. The fourth-order valence-corrected chi connectivity index (χ4v) is 3.48. The van der Waals surface area contributed by atoms with Gasteiger partial charge in [-0.15, -0.1) is 11.3 Å². The van der Waals surface area contributed by atoms with Gasteiger partial charge in [0, 0.05) is 16.3 Å². The molecule has 0 spiro atoms. The topological polar surface area (TPSA) is 32.5 Å². The molecule has 1 aromatic rings. The van der Waals surface area contributed by atoms with Crippen LogP contribution in [0.4, 0.5) is 0 Å². The second kappa shape index (κ2) is 7.55. The highest BCUT2D eigenvalue weighted by Gasteiger charge is 2.21. The van der Waals surface area contributed by atoms with Crippen LogP contribution in [0.1, 0.15) is 43.0 Å². The molecular weight excluding hydrogens is 266 g/mol. The maximum absolute atomic E-state index is 6.01. The molecule has 0 bridgehead atoms. The van der Waals surface area contributed by atoms with E-state index >= 15 is 0 Å². The number of hydrogen-bond acceptors (Lipinski definition) is 4. The summed E-state index contributed by atoms with van der Waals surface area (Å²) in [4.78, 5) is 7.45. The summed E-state index contributed by atoms with van der Waals surface area (Å²) in [5.74, 6) is 0. The van der Waals surface area contributed by atoms with Crippen molar-refractivity contribution < 1.29 is 0 Å². The Kier molecular flexibility index (Phi) is 6.65. The van der Waals surface area contributed by atoms with Gasteiger partial charge in [0.05, 0.1) is 6.04 Å². The van der Waals surface area contributed by atoms with E-state index in [1.54, 1.807) is 0 Å². The third-order valence-electron chi connectivity index (χ3n) is 3.57. The summed E-state index contributed by atoms with van der Waals surface area (Å²) in [6.45, 7) is 9.69. The molecule has 1 heterocycles. The van der Waals surface area contributed by atoms with Crippen molar-refractivity contribution in [2.75, 3.05) is 40.8 Å². The van der Waals surface area contributed by atoms with Gasteiger partial charge in [-0.25, -0.2) is 0 Å². The van der Waals surface area contributed by atoms with Crippen molar-refractivity contribution in [3.05, 3.63) is 21.9 Å². The van der Waals surface area contributed by atoms with Gasteiger partial charge in [-0.3, -0.25) is 4.90 Å². The molecule has 2 N–H and O–H groups in total. The number of rotatable bonds is 7. The van der Waals surface area contributed by atoms with Gasteiger partial charge in [0.25, 0.3) is 0 Å². The zero-order valence-corrected chi connectivity index (χ0v) is 14.8. The molecule has 0 aromatic carbocycles. The fourth-order valence-electron chi connectivity index (χ4n) is 2.24. The molecule has 0 saturated carbocycles. The second-order valence-electron chi connectivity index (χ2n) is 6.84. The molecular formula is C16H31N3S. The van der Waals surface area contributed by atoms with E-state index in [4.69, 9.17) is 5.73 Å². The lowest BCUT2D eigenvalue weighted by molar-refractivity contribution is 0.238. The molecule has 0 aliphatic rings. The molecule has 3 nitrogen and oxygen atoms in total. The van der Waals surface area contributed by atoms with Crippen LogP contribution in [-0.2, 0) is 5.41 Å². The van der Waals surface area contributed by atoms with Crippen LogP contribution in [-0.4, -0.2) is 50.6 Å². The van der Waals surface area contributed by atoms with Gasteiger partial charge in [0.15, 0.2) is 0 Å². The molecule has 4 heteroatoms. The van der Waals surface area contributed by atoms with E-state index in [0.29, 0.717) is 12.6 Å². The maximum Gasteiger partial charge on any atom is 0.0561 e. The summed E-state index contributed by atoms with van der Waals surface area (Å²) >= 11 is 1.91. The summed E-state index contributed by atoms with van der Waals surface area (Å²) in [6.07, 6.45) is 1.18. The van der Waals surface area contributed by atoms with Gasteiger partial charge in [-0.05, 0) is 58.2 Å². The van der Waals surface area contributed by atoms with E-state index in [9.17, 15) is 0 Å². The van der Waals surface area contributed by atoms with Crippen LogP contribution >= 0.6 is 11.3 Å². The van der Waals surface area contributed by atoms with Crippen molar-refractivity contribution in [2.45, 2.75) is 38.6 Å². The Balaban J connectivity index is 2.67. The number of thiophene rings is 1. The van der Waals surface area contributed by atoms with Gasteiger partial charge >= 0.3 is 0 Å². The van der Waals surface area contributed by atoms with E-state index in [1.807, 2.05) is 11.3 Å². The molecule has 116 valence electrons. The first-order valence-electron chi connectivity index (χ1n) is 7.41. The number of nitrogens with two attached hydrogens (primary N) is 1. The first-order chi connectivity index (χ1) is 9.25. The predicted molar refractivity (Wildman–Crippen MR) is 90.6 cm³/mol. The van der Waals surface area contributed by atoms with Gasteiger partial charge in [0.2, 0.25) is 0 Å². The zero-order valence-electron chi connectivity index (χ0n) is 13.9. The Morgan fingerprint density at radius 1 is 1.15 bits per heavy atom. The summed E-state index contributed by atoms with van der Waals surface area (Å²) < 4.78 is 0. The minimum Gasteiger partial charge on any atom is -0.329 e. The maximum atomic E-state index is 6.01. The van der Waals surface area contributed by atoms with Gasteiger partial charge in [-0.1, -0.05) is 20.8 Å². The van der Waals surface area contributed by atoms with Crippen LogP contribution in [0.2, 0.25) is 0 Å². The summed E-state index contributed by atoms with van der Waals surface area (Å²) in [5.41, 5.74) is 6.24. The first kappa shape index (κ1) is 17.6. The smallest absolute Gasteiger partial charge is 0.0561 e. The van der Waals surface area contributed by atoms with E-state index in [0.717, 1.165) is 13.1 Å². The van der Waals surface area contributed by atoms with E-state index in [1.165, 1.54) is 16.2 Å². The van der Waals surface area contributed by atoms with E-state index in [2.05, 4.69) is 63.8 Å². The van der Waals surface area contributed by atoms with E-state index in [-0.39, 0.29) is 5.41 Å². The SMILES string of the molecule is CN(C)CCCN(C)C(CN)c1ccc(C(C)(C)C)s1. The molecule has 0 aliphatic heterocycles. The lowest BCUT2D eigenvalue weighted by Gasteiger charge is -2.26. The molecule has 1 atom stereocenters. The van der Waals surface area contributed by atoms with Crippen LogP contribution in [0.25, 0.3) is 0 Å². The van der Waals surface area contributed by atoms with Gasteiger partial charge in [-0.2, -0.15) is 0 Å². The highest BCUT2D eigenvalue weighted by atomic mass is 32.1.